The highest BCUT2D eigenvalue weighted by Crippen LogP contribution is 2.24. The number of hydrogen-bond acceptors (Lipinski definition) is 6. The van der Waals surface area contributed by atoms with Gasteiger partial charge in [0.2, 0.25) is 16.0 Å². The lowest BCUT2D eigenvalue weighted by Crippen LogP contribution is -2.11. The summed E-state index contributed by atoms with van der Waals surface area (Å²) in [6.07, 6.45) is 1.67. The number of primary sulfonamides is 1. The molecule has 30 heavy (non-hydrogen) atoms. The first-order valence-electron chi connectivity index (χ1n) is 9.13. The summed E-state index contributed by atoms with van der Waals surface area (Å²) < 4.78 is 22.7. The lowest BCUT2D eigenvalue weighted by molar-refractivity contribution is 0.598. The first kappa shape index (κ1) is 19.6. The van der Waals surface area contributed by atoms with Crippen LogP contribution in [0.2, 0.25) is 0 Å². The Labute approximate surface area is 174 Å². The van der Waals surface area contributed by atoms with Gasteiger partial charge in [-0.2, -0.15) is 0 Å². The van der Waals surface area contributed by atoms with Crippen LogP contribution in [0.3, 0.4) is 0 Å². The molecule has 0 spiro atoms. The Balaban J connectivity index is 1.54. The maximum Gasteiger partial charge on any atom is 0.238 e. The molecule has 0 radical (unpaired) electrons. The quantitative estimate of drug-likeness (QED) is 0.432. The molecule has 0 saturated carbocycles. The smallest absolute Gasteiger partial charge is 0.238 e. The molecule has 4 aromatic rings. The number of aromatic nitrogens is 2. The minimum Gasteiger partial charge on any atom is -0.356 e. The first-order chi connectivity index (χ1) is 14.5. The van der Waals surface area contributed by atoms with Crippen LogP contribution in [0.1, 0.15) is 0 Å². The molecule has 0 bridgehead atoms. The van der Waals surface area contributed by atoms with Crippen LogP contribution in [0.5, 0.6) is 0 Å². The van der Waals surface area contributed by atoms with Crippen molar-refractivity contribution in [2.75, 3.05) is 10.6 Å². The van der Waals surface area contributed by atoms with Crippen molar-refractivity contribution >= 4 is 33.0 Å². The zero-order valence-corrected chi connectivity index (χ0v) is 16.7. The van der Waals surface area contributed by atoms with Crippen molar-refractivity contribution in [2.45, 2.75) is 4.90 Å². The maximum atomic E-state index is 11.4. The predicted octanol–water partition coefficient (Wildman–Crippen LogP) is 4.28. The van der Waals surface area contributed by atoms with Crippen LogP contribution >= 0.6 is 0 Å². The van der Waals surface area contributed by atoms with Crippen LogP contribution in [-0.2, 0) is 10.0 Å². The first-order valence-corrected chi connectivity index (χ1v) is 10.7. The molecule has 0 aliphatic rings. The van der Waals surface area contributed by atoms with E-state index in [-0.39, 0.29) is 4.90 Å². The molecule has 0 aliphatic heterocycles. The van der Waals surface area contributed by atoms with E-state index in [1.807, 2.05) is 60.7 Å². The average Bonchev–Trinajstić information content (AvgIpc) is 2.75. The molecule has 3 aromatic carbocycles. The summed E-state index contributed by atoms with van der Waals surface area (Å²) in [7, 11) is -3.73. The van der Waals surface area contributed by atoms with E-state index < -0.39 is 10.0 Å². The molecule has 4 rings (SSSR count). The number of anilines is 4. The Kier molecular flexibility index (Phi) is 5.42. The van der Waals surface area contributed by atoms with E-state index in [0.717, 1.165) is 22.6 Å². The van der Waals surface area contributed by atoms with Crippen LogP contribution < -0.4 is 15.8 Å². The van der Waals surface area contributed by atoms with Crippen LogP contribution in [0.4, 0.5) is 23.0 Å². The van der Waals surface area contributed by atoms with Crippen molar-refractivity contribution in [3.8, 4) is 11.3 Å². The zero-order valence-electron chi connectivity index (χ0n) is 15.9. The predicted molar refractivity (Wildman–Crippen MR) is 118 cm³/mol. The van der Waals surface area contributed by atoms with Crippen molar-refractivity contribution in [3.63, 3.8) is 0 Å². The van der Waals surface area contributed by atoms with Gasteiger partial charge in [-0.1, -0.05) is 30.3 Å². The minimum atomic E-state index is -3.73. The average molecular weight is 417 g/mol. The van der Waals surface area contributed by atoms with Gasteiger partial charge in [-0.3, -0.25) is 0 Å². The highest BCUT2D eigenvalue weighted by molar-refractivity contribution is 7.89. The van der Waals surface area contributed by atoms with Gasteiger partial charge < -0.3 is 10.6 Å². The third-order valence-electron chi connectivity index (χ3n) is 4.32. The minimum absolute atomic E-state index is 0.0467. The van der Waals surface area contributed by atoms with Gasteiger partial charge in [0, 0.05) is 28.8 Å². The van der Waals surface area contributed by atoms with Crippen LogP contribution in [0.15, 0.2) is 96.0 Å². The number of hydrogen-bond donors (Lipinski definition) is 3. The Bertz CT molecular complexity index is 1260. The summed E-state index contributed by atoms with van der Waals surface area (Å²) in [4.78, 5) is 8.85. The molecule has 7 nitrogen and oxygen atoms in total. The molecular weight excluding hydrogens is 398 g/mol. The summed E-state index contributed by atoms with van der Waals surface area (Å²) in [5, 5.41) is 11.6. The van der Waals surface area contributed by atoms with Gasteiger partial charge in [0.05, 0.1) is 10.6 Å². The van der Waals surface area contributed by atoms with Gasteiger partial charge in [-0.25, -0.2) is 23.5 Å². The lowest BCUT2D eigenvalue weighted by atomic mass is 10.1. The van der Waals surface area contributed by atoms with E-state index in [1.54, 1.807) is 18.3 Å². The maximum absolute atomic E-state index is 11.4. The molecule has 1 aromatic heterocycles. The van der Waals surface area contributed by atoms with Gasteiger partial charge in [0.1, 0.15) is 0 Å². The molecule has 150 valence electrons. The van der Waals surface area contributed by atoms with Crippen molar-refractivity contribution in [1.29, 1.82) is 0 Å². The Morgan fingerprint density at radius 1 is 0.733 bits per heavy atom. The van der Waals surface area contributed by atoms with Gasteiger partial charge in [0.25, 0.3) is 0 Å². The van der Waals surface area contributed by atoms with Gasteiger partial charge >= 0.3 is 0 Å². The van der Waals surface area contributed by atoms with Gasteiger partial charge in [0.15, 0.2) is 0 Å². The molecule has 0 saturated heterocycles. The number of nitrogens with zero attached hydrogens (tertiary/aromatic N) is 2. The largest absolute Gasteiger partial charge is 0.356 e. The van der Waals surface area contributed by atoms with Crippen molar-refractivity contribution in [3.05, 3.63) is 91.1 Å². The third kappa shape index (κ3) is 4.80. The zero-order chi connectivity index (χ0) is 21.0. The lowest BCUT2D eigenvalue weighted by Gasteiger charge is -2.10. The third-order valence-corrected chi connectivity index (χ3v) is 5.24. The fourth-order valence-electron chi connectivity index (χ4n) is 2.88. The Hall–Kier alpha value is -3.75. The van der Waals surface area contributed by atoms with E-state index in [2.05, 4.69) is 20.6 Å². The fraction of sp³-hybridized carbons (Fsp3) is 0. The van der Waals surface area contributed by atoms with E-state index in [0.29, 0.717) is 11.6 Å². The number of nitrogens with one attached hydrogen (secondary N) is 2. The summed E-state index contributed by atoms with van der Waals surface area (Å²) in [5.41, 5.74) is 4.29. The molecule has 0 fully saturated rings. The number of benzene rings is 3. The SMILES string of the molecule is NS(=O)(=O)c1ccc(Nc2nccc(-c3cccc(Nc4ccccc4)c3)n2)cc1. The van der Waals surface area contributed by atoms with E-state index in [1.165, 1.54) is 12.1 Å². The molecule has 0 aliphatic carbocycles. The second-order valence-electron chi connectivity index (χ2n) is 6.53. The summed E-state index contributed by atoms with van der Waals surface area (Å²) in [6, 6.07) is 25.8. The number of nitrogens with two attached hydrogens (primary N) is 1. The Morgan fingerprint density at radius 2 is 1.43 bits per heavy atom. The molecule has 1 heterocycles. The number of sulfonamides is 1. The molecule has 8 heteroatoms. The highest BCUT2D eigenvalue weighted by Gasteiger charge is 2.08. The monoisotopic (exact) mass is 417 g/mol. The van der Waals surface area contributed by atoms with Gasteiger partial charge in [-0.15, -0.1) is 0 Å². The topological polar surface area (TPSA) is 110 Å². The van der Waals surface area contributed by atoms with E-state index in [9.17, 15) is 8.42 Å². The molecule has 0 amide bonds. The summed E-state index contributed by atoms with van der Waals surface area (Å²) >= 11 is 0. The van der Waals surface area contributed by atoms with Crippen LogP contribution in [-0.4, -0.2) is 18.4 Å². The van der Waals surface area contributed by atoms with E-state index >= 15 is 0 Å². The number of rotatable bonds is 6. The molecule has 0 atom stereocenters. The molecule has 4 N–H and O–H groups in total. The second-order valence-corrected chi connectivity index (χ2v) is 8.09. The van der Waals surface area contributed by atoms with Crippen molar-refractivity contribution in [2.24, 2.45) is 5.14 Å². The van der Waals surface area contributed by atoms with Gasteiger partial charge in [-0.05, 0) is 54.6 Å². The highest BCUT2D eigenvalue weighted by atomic mass is 32.2. The Morgan fingerprint density at radius 3 is 2.17 bits per heavy atom. The fourth-order valence-corrected chi connectivity index (χ4v) is 3.40. The normalized spacial score (nSPS) is 11.1. The number of para-hydroxylation sites is 1. The molecular formula is C22H19N5O2S. The second kappa shape index (κ2) is 8.32. The standard InChI is InChI=1S/C22H19N5O2S/c23-30(28,29)20-11-9-18(10-12-20)26-22-24-14-13-21(27-22)16-5-4-8-19(15-16)25-17-6-2-1-3-7-17/h1-15,25H,(H2,23,28,29)(H,24,26,27). The van der Waals surface area contributed by atoms with Crippen LogP contribution in [0, 0.1) is 0 Å². The van der Waals surface area contributed by atoms with E-state index in [4.69, 9.17) is 5.14 Å². The summed E-state index contributed by atoms with van der Waals surface area (Å²) in [6.45, 7) is 0. The molecule has 0 unspecified atom stereocenters. The summed E-state index contributed by atoms with van der Waals surface area (Å²) in [5.74, 6) is 0.400. The van der Waals surface area contributed by atoms with Crippen molar-refractivity contribution < 1.29 is 8.42 Å². The van der Waals surface area contributed by atoms with Crippen LogP contribution in [0.25, 0.3) is 11.3 Å². The van der Waals surface area contributed by atoms with Crippen molar-refractivity contribution in [1.82, 2.24) is 9.97 Å².